The second-order valence-electron chi connectivity index (χ2n) is 6.97. The van der Waals surface area contributed by atoms with E-state index in [9.17, 15) is 14.4 Å². The van der Waals surface area contributed by atoms with Crippen molar-refractivity contribution < 1.29 is 19.1 Å². The van der Waals surface area contributed by atoms with E-state index in [4.69, 9.17) is 4.74 Å². The van der Waals surface area contributed by atoms with Crippen LogP contribution in [0.25, 0.3) is 0 Å². The zero-order valence-corrected chi connectivity index (χ0v) is 15.3. The molecular weight excluding hydrogens is 356 g/mol. The number of amides is 3. The number of imide groups is 1. The summed E-state index contributed by atoms with van der Waals surface area (Å²) in [6, 6.07) is 12.5. The Hall–Kier alpha value is -3.41. The number of carbonyl (C=O) groups is 3. The van der Waals surface area contributed by atoms with Gasteiger partial charge in [0.25, 0.3) is 17.7 Å². The standard InChI is InChI=1S/C22H20N2O4/c1-2-9-24-21(26)17-8-7-16(11-18(17)22(24)27)20(25)23-12-14-10-15-5-3-4-6-19(15)28-13-14/h2-8,11,14H,1,9-10,12-13H2,(H,23,25)/t14-/m1/s1. The summed E-state index contributed by atoms with van der Waals surface area (Å²) in [5, 5.41) is 2.91. The maximum Gasteiger partial charge on any atom is 0.261 e. The normalized spacial score (nSPS) is 17.6. The third-order valence-electron chi connectivity index (χ3n) is 5.05. The zero-order valence-electron chi connectivity index (χ0n) is 15.3. The van der Waals surface area contributed by atoms with Gasteiger partial charge in [-0.05, 0) is 36.2 Å². The molecule has 6 heteroatoms. The molecule has 0 fully saturated rings. The molecule has 6 nitrogen and oxygen atoms in total. The highest BCUT2D eigenvalue weighted by Crippen LogP contribution is 2.27. The van der Waals surface area contributed by atoms with Gasteiger partial charge in [-0.25, -0.2) is 0 Å². The molecule has 0 aromatic heterocycles. The number of ether oxygens (including phenoxy) is 1. The third-order valence-corrected chi connectivity index (χ3v) is 5.05. The van der Waals surface area contributed by atoms with Crippen LogP contribution in [0.15, 0.2) is 55.1 Å². The number of benzene rings is 2. The molecule has 0 aliphatic carbocycles. The Kier molecular flexibility index (Phi) is 4.69. The number of rotatable bonds is 5. The van der Waals surface area contributed by atoms with Gasteiger partial charge in [0.2, 0.25) is 0 Å². The fourth-order valence-electron chi connectivity index (χ4n) is 3.59. The van der Waals surface area contributed by atoms with E-state index in [2.05, 4.69) is 11.9 Å². The quantitative estimate of drug-likeness (QED) is 0.642. The lowest BCUT2D eigenvalue weighted by Crippen LogP contribution is -2.34. The first-order valence-electron chi connectivity index (χ1n) is 9.18. The fraction of sp³-hybridized carbons (Fsp3) is 0.227. The molecule has 0 saturated heterocycles. The molecule has 4 rings (SSSR count). The summed E-state index contributed by atoms with van der Waals surface area (Å²) in [5.41, 5.74) is 2.07. The Morgan fingerprint density at radius 1 is 1.18 bits per heavy atom. The third kappa shape index (κ3) is 3.17. The molecule has 2 aliphatic heterocycles. The van der Waals surface area contributed by atoms with Crippen molar-refractivity contribution in [2.24, 2.45) is 5.92 Å². The van der Waals surface area contributed by atoms with Gasteiger partial charge in [-0.2, -0.15) is 0 Å². The van der Waals surface area contributed by atoms with Crippen molar-refractivity contribution in [2.75, 3.05) is 19.7 Å². The summed E-state index contributed by atoms with van der Waals surface area (Å²) in [7, 11) is 0. The van der Waals surface area contributed by atoms with Gasteiger partial charge in [0, 0.05) is 24.6 Å². The summed E-state index contributed by atoms with van der Waals surface area (Å²) >= 11 is 0. The predicted octanol–water partition coefficient (Wildman–Crippen LogP) is 2.45. The minimum Gasteiger partial charge on any atom is -0.493 e. The van der Waals surface area contributed by atoms with Crippen LogP contribution in [-0.4, -0.2) is 42.3 Å². The Morgan fingerprint density at radius 3 is 2.79 bits per heavy atom. The Bertz CT molecular complexity index is 982. The average Bonchev–Trinajstić information content (AvgIpc) is 2.96. The van der Waals surface area contributed by atoms with Crippen LogP contribution in [0.2, 0.25) is 0 Å². The summed E-state index contributed by atoms with van der Waals surface area (Å²) in [5.74, 6) is 0.0521. The highest BCUT2D eigenvalue weighted by molar-refractivity contribution is 6.22. The molecule has 0 saturated carbocycles. The van der Waals surface area contributed by atoms with E-state index in [0.717, 1.165) is 22.6 Å². The molecular formula is C22H20N2O4. The highest BCUT2D eigenvalue weighted by atomic mass is 16.5. The SMILES string of the molecule is C=CCN1C(=O)c2ccc(C(=O)NC[C@@H]3COc4ccccc4C3)cc2C1=O. The maximum absolute atomic E-state index is 12.6. The summed E-state index contributed by atoms with van der Waals surface area (Å²) in [6.45, 7) is 4.73. The van der Waals surface area contributed by atoms with Crippen LogP contribution in [0.5, 0.6) is 5.75 Å². The first kappa shape index (κ1) is 18.0. The number of hydrogen-bond acceptors (Lipinski definition) is 4. The second kappa shape index (κ2) is 7.31. The van der Waals surface area contributed by atoms with E-state index in [1.165, 1.54) is 18.2 Å². The molecule has 2 aliphatic rings. The molecule has 1 N–H and O–H groups in total. The number of hydrogen-bond donors (Lipinski definition) is 1. The summed E-state index contributed by atoms with van der Waals surface area (Å²) in [4.78, 5) is 38.3. The second-order valence-corrected chi connectivity index (χ2v) is 6.97. The minimum absolute atomic E-state index is 0.150. The molecule has 2 aromatic carbocycles. The molecule has 2 aromatic rings. The first-order valence-corrected chi connectivity index (χ1v) is 9.18. The highest BCUT2D eigenvalue weighted by Gasteiger charge is 2.35. The van der Waals surface area contributed by atoms with Crippen molar-refractivity contribution in [1.29, 1.82) is 0 Å². The lowest BCUT2D eigenvalue weighted by molar-refractivity contribution is 0.0672. The van der Waals surface area contributed by atoms with Crippen LogP contribution >= 0.6 is 0 Å². The lowest BCUT2D eigenvalue weighted by Gasteiger charge is -2.25. The number of para-hydroxylation sites is 1. The van der Waals surface area contributed by atoms with E-state index in [1.807, 2.05) is 24.3 Å². The number of fused-ring (bicyclic) bond motifs is 2. The Balaban J connectivity index is 1.42. The number of nitrogens with zero attached hydrogens (tertiary/aromatic N) is 1. The van der Waals surface area contributed by atoms with Crippen LogP contribution in [0.3, 0.4) is 0 Å². The Morgan fingerprint density at radius 2 is 1.96 bits per heavy atom. The van der Waals surface area contributed by atoms with Gasteiger partial charge < -0.3 is 10.1 Å². The molecule has 28 heavy (non-hydrogen) atoms. The molecule has 0 bridgehead atoms. The van der Waals surface area contributed by atoms with E-state index in [0.29, 0.717) is 24.3 Å². The molecule has 142 valence electrons. The molecule has 0 spiro atoms. The van der Waals surface area contributed by atoms with E-state index in [1.54, 1.807) is 6.07 Å². The summed E-state index contributed by atoms with van der Waals surface area (Å²) < 4.78 is 5.75. The van der Waals surface area contributed by atoms with Gasteiger partial charge in [0.15, 0.2) is 0 Å². The van der Waals surface area contributed by atoms with Crippen LogP contribution in [-0.2, 0) is 6.42 Å². The van der Waals surface area contributed by atoms with E-state index < -0.39 is 5.91 Å². The molecule has 3 amide bonds. The average molecular weight is 376 g/mol. The van der Waals surface area contributed by atoms with Crippen molar-refractivity contribution in [3.8, 4) is 5.75 Å². The van der Waals surface area contributed by atoms with E-state index >= 15 is 0 Å². The van der Waals surface area contributed by atoms with Gasteiger partial charge in [-0.1, -0.05) is 24.3 Å². The predicted molar refractivity (Wildman–Crippen MR) is 103 cm³/mol. The van der Waals surface area contributed by atoms with Crippen molar-refractivity contribution >= 4 is 17.7 Å². The molecule has 0 unspecified atom stereocenters. The van der Waals surface area contributed by atoms with Gasteiger partial charge in [-0.3, -0.25) is 19.3 Å². The van der Waals surface area contributed by atoms with Crippen LogP contribution in [0.1, 0.15) is 36.6 Å². The van der Waals surface area contributed by atoms with Gasteiger partial charge in [0.1, 0.15) is 5.75 Å². The van der Waals surface area contributed by atoms with Crippen molar-refractivity contribution in [1.82, 2.24) is 10.2 Å². The zero-order chi connectivity index (χ0) is 19.7. The monoisotopic (exact) mass is 376 g/mol. The topological polar surface area (TPSA) is 75.7 Å². The van der Waals surface area contributed by atoms with Crippen molar-refractivity contribution in [3.05, 3.63) is 77.4 Å². The van der Waals surface area contributed by atoms with E-state index in [-0.39, 0.29) is 29.8 Å². The van der Waals surface area contributed by atoms with Crippen LogP contribution in [0, 0.1) is 5.92 Å². The molecule has 2 heterocycles. The van der Waals surface area contributed by atoms with Crippen LogP contribution < -0.4 is 10.1 Å². The lowest BCUT2D eigenvalue weighted by atomic mass is 9.96. The Labute approximate surface area is 162 Å². The molecule has 1 atom stereocenters. The van der Waals surface area contributed by atoms with Gasteiger partial charge in [0.05, 0.1) is 17.7 Å². The van der Waals surface area contributed by atoms with Crippen molar-refractivity contribution in [2.45, 2.75) is 6.42 Å². The van der Waals surface area contributed by atoms with Crippen molar-refractivity contribution in [3.63, 3.8) is 0 Å². The fourth-order valence-corrected chi connectivity index (χ4v) is 3.59. The largest absolute Gasteiger partial charge is 0.493 e. The maximum atomic E-state index is 12.6. The first-order chi connectivity index (χ1) is 13.6. The smallest absolute Gasteiger partial charge is 0.261 e. The van der Waals surface area contributed by atoms with Gasteiger partial charge in [-0.15, -0.1) is 6.58 Å². The summed E-state index contributed by atoms with van der Waals surface area (Å²) in [6.07, 6.45) is 2.34. The number of carbonyl (C=O) groups excluding carboxylic acids is 3. The van der Waals surface area contributed by atoms with Gasteiger partial charge >= 0.3 is 0 Å². The minimum atomic E-state index is -0.396. The van der Waals surface area contributed by atoms with Crippen LogP contribution in [0.4, 0.5) is 0 Å². The number of nitrogens with one attached hydrogen (secondary N) is 1. The molecule has 0 radical (unpaired) electrons.